The van der Waals surface area contributed by atoms with Crippen molar-refractivity contribution in [3.63, 3.8) is 0 Å². The Morgan fingerprint density at radius 2 is 1.87 bits per heavy atom. The minimum Gasteiger partial charge on any atom is -0.331 e. The van der Waals surface area contributed by atoms with Crippen LogP contribution in [0.15, 0.2) is 77.3 Å². The Balaban J connectivity index is 1.55. The monoisotopic (exact) mass is 548 g/mol. The second kappa shape index (κ2) is 8.70. The first-order valence-electron chi connectivity index (χ1n) is 8.93. The van der Waals surface area contributed by atoms with Gasteiger partial charge in [-0.05, 0) is 83.6 Å². The van der Waals surface area contributed by atoms with Crippen LogP contribution < -0.4 is 10.0 Å². The van der Waals surface area contributed by atoms with Crippen molar-refractivity contribution in [3.8, 4) is 11.3 Å². The molecule has 0 saturated carbocycles. The summed E-state index contributed by atoms with van der Waals surface area (Å²) in [4.78, 5) is 8.95. The number of hydrogen-bond acceptors (Lipinski definition) is 6. The molecular weight excluding hydrogens is 531 g/mol. The van der Waals surface area contributed by atoms with Gasteiger partial charge in [0, 0.05) is 32.6 Å². The van der Waals surface area contributed by atoms with Crippen LogP contribution in [0.3, 0.4) is 0 Å². The lowest BCUT2D eigenvalue weighted by atomic mass is 10.2. The van der Waals surface area contributed by atoms with Crippen molar-refractivity contribution in [2.24, 2.45) is 0 Å². The molecule has 0 unspecified atom stereocenters. The standard InChI is InChI=1S/C21H17IN4O2S2/c1-14-4-7-17(26-30(27,28)18-8-5-16(22)6-9-18)11-19(14)24-21-25-20(13-29-21)15-3-2-10-23-12-15/h2-13,26H,1H3,(H,24,25). The van der Waals surface area contributed by atoms with Gasteiger partial charge in [-0.2, -0.15) is 0 Å². The number of pyridine rings is 1. The minimum absolute atomic E-state index is 0.221. The molecule has 2 N–H and O–H groups in total. The van der Waals surface area contributed by atoms with Gasteiger partial charge in [-0.3, -0.25) is 9.71 Å². The molecule has 0 aliphatic rings. The van der Waals surface area contributed by atoms with Gasteiger partial charge in [-0.25, -0.2) is 13.4 Å². The van der Waals surface area contributed by atoms with Crippen molar-refractivity contribution in [1.82, 2.24) is 9.97 Å². The largest absolute Gasteiger partial charge is 0.331 e. The zero-order valence-electron chi connectivity index (χ0n) is 15.8. The Morgan fingerprint density at radius 3 is 2.60 bits per heavy atom. The molecule has 6 nitrogen and oxygen atoms in total. The molecule has 2 heterocycles. The van der Waals surface area contributed by atoms with Gasteiger partial charge in [0.15, 0.2) is 5.13 Å². The van der Waals surface area contributed by atoms with E-state index in [1.165, 1.54) is 11.3 Å². The summed E-state index contributed by atoms with van der Waals surface area (Å²) in [6.07, 6.45) is 3.49. The van der Waals surface area contributed by atoms with E-state index in [2.05, 4.69) is 42.6 Å². The molecule has 0 spiro atoms. The number of anilines is 3. The quantitative estimate of drug-likeness (QED) is 0.304. The SMILES string of the molecule is Cc1ccc(NS(=O)(=O)c2ccc(I)cc2)cc1Nc1nc(-c2cccnc2)cs1. The topological polar surface area (TPSA) is 84.0 Å². The van der Waals surface area contributed by atoms with Crippen LogP contribution in [0.4, 0.5) is 16.5 Å². The number of nitrogens with zero attached hydrogens (tertiary/aromatic N) is 2. The summed E-state index contributed by atoms with van der Waals surface area (Å²) >= 11 is 3.62. The maximum Gasteiger partial charge on any atom is 0.261 e. The highest BCUT2D eigenvalue weighted by atomic mass is 127. The molecule has 0 amide bonds. The molecule has 0 radical (unpaired) electrons. The fourth-order valence-electron chi connectivity index (χ4n) is 2.74. The average molecular weight is 548 g/mol. The van der Waals surface area contributed by atoms with E-state index in [0.717, 1.165) is 31.2 Å². The number of aromatic nitrogens is 2. The molecule has 4 aromatic rings. The van der Waals surface area contributed by atoms with E-state index in [-0.39, 0.29) is 4.90 Å². The first-order valence-corrected chi connectivity index (χ1v) is 12.4. The van der Waals surface area contributed by atoms with Crippen molar-refractivity contribution in [2.45, 2.75) is 11.8 Å². The van der Waals surface area contributed by atoms with Crippen LogP contribution in [-0.4, -0.2) is 18.4 Å². The third kappa shape index (κ3) is 4.79. The van der Waals surface area contributed by atoms with E-state index in [1.54, 1.807) is 48.8 Å². The van der Waals surface area contributed by atoms with Crippen LogP contribution >= 0.6 is 33.9 Å². The highest BCUT2D eigenvalue weighted by Crippen LogP contribution is 2.30. The lowest BCUT2D eigenvalue weighted by molar-refractivity contribution is 0.601. The van der Waals surface area contributed by atoms with Crippen molar-refractivity contribution in [3.05, 3.63) is 81.5 Å². The fourth-order valence-corrected chi connectivity index (χ4v) is 4.88. The Labute approximate surface area is 192 Å². The molecule has 0 aliphatic carbocycles. The number of nitrogens with one attached hydrogen (secondary N) is 2. The van der Waals surface area contributed by atoms with Gasteiger partial charge >= 0.3 is 0 Å². The predicted octanol–water partition coefficient (Wildman–Crippen LogP) is 5.66. The van der Waals surface area contributed by atoms with E-state index in [9.17, 15) is 8.42 Å². The van der Waals surface area contributed by atoms with Gasteiger partial charge < -0.3 is 5.32 Å². The molecular formula is C21H17IN4O2S2. The molecule has 0 bridgehead atoms. The molecule has 0 saturated heterocycles. The van der Waals surface area contributed by atoms with Crippen LogP contribution in [0.1, 0.15) is 5.56 Å². The van der Waals surface area contributed by atoms with E-state index in [1.807, 2.05) is 30.5 Å². The second-order valence-corrected chi connectivity index (χ2v) is 10.3. The number of benzene rings is 2. The van der Waals surface area contributed by atoms with Gasteiger partial charge in [0.25, 0.3) is 10.0 Å². The summed E-state index contributed by atoms with van der Waals surface area (Å²) < 4.78 is 29.0. The highest BCUT2D eigenvalue weighted by Gasteiger charge is 2.15. The summed E-state index contributed by atoms with van der Waals surface area (Å²) in [5.41, 5.74) is 4.02. The fraction of sp³-hybridized carbons (Fsp3) is 0.0476. The molecule has 9 heteroatoms. The minimum atomic E-state index is -3.67. The molecule has 30 heavy (non-hydrogen) atoms. The maximum atomic E-state index is 12.7. The lowest BCUT2D eigenvalue weighted by Crippen LogP contribution is -2.13. The number of hydrogen-bond donors (Lipinski definition) is 2. The first kappa shape index (κ1) is 20.8. The Bertz CT molecular complexity index is 1270. The van der Waals surface area contributed by atoms with Crippen molar-refractivity contribution in [2.75, 3.05) is 10.0 Å². The summed E-state index contributed by atoms with van der Waals surface area (Å²) in [7, 11) is -3.67. The summed E-state index contributed by atoms with van der Waals surface area (Å²) in [6.45, 7) is 1.95. The van der Waals surface area contributed by atoms with Crippen LogP contribution in [0, 0.1) is 10.5 Å². The average Bonchev–Trinajstić information content (AvgIpc) is 3.20. The smallest absolute Gasteiger partial charge is 0.261 e. The van der Waals surface area contributed by atoms with Crippen molar-refractivity contribution >= 4 is 60.5 Å². The molecule has 0 atom stereocenters. The van der Waals surface area contributed by atoms with E-state index < -0.39 is 10.0 Å². The Morgan fingerprint density at radius 1 is 1.07 bits per heavy atom. The first-order chi connectivity index (χ1) is 14.4. The van der Waals surface area contributed by atoms with Crippen LogP contribution in [0.5, 0.6) is 0 Å². The van der Waals surface area contributed by atoms with Crippen molar-refractivity contribution < 1.29 is 8.42 Å². The molecule has 2 aromatic heterocycles. The zero-order chi connectivity index (χ0) is 21.1. The molecule has 0 aliphatic heterocycles. The van der Waals surface area contributed by atoms with Crippen LogP contribution in [0.25, 0.3) is 11.3 Å². The summed E-state index contributed by atoms with van der Waals surface area (Å²) in [6, 6.07) is 15.9. The normalized spacial score (nSPS) is 11.3. The molecule has 4 rings (SSSR count). The van der Waals surface area contributed by atoms with Gasteiger partial charge in [-0.1, -0.05) is 6.07 Å². The van der Waals surface area contributed by atoms with E-state index in [4.69, 9.17) is 0 Å². The van der Waals surface area contributed by atoms with Gasteiger partial charge in [0.1, 0.15) is 0 Å². The van der Waals surface area contributed by atoms with Crippen LogP contribution in [-0.2, 0) is 10.0 Å². The molecule has 152 valence electrons. The number of rotatable bonds is 6. The van der Waals surface area contributed by atoms with E-state index >= 15 is 0 Å². The van der Waals surface area contributed by atoms with Crippen LogP contribution in [0.2, 0.25) is 0 Å². The zero-order valence-corrected chi connectivity index (χ0v) is 19.6. The Kier molecular flexibility index (Phi) is 6.02. The summed E-state index contributed by atoms with van der Waals surface area (Å²) in [5.74, 6) is 0. The number of sulfonamides is 1. The third-order valence-corrected chi connectivity index (χ3v) is 7.19. The third-order valence-electron chi connectivity index (χ3n) is 4.32. The van der Waals surface area contributed by atoms with Crippen molar-refractivity contribution in [1.29, 1.82) is 0 Å². The summed E-state index contributed by atoms with van der Waals surface area (Å²) in [5, 5.41) is 5.96. The van der Waals surface area contributed by atoms with Gasteiger partial charge in [0.2, 0.25) is 0 Å². The predicted molar refractivity (Wildman–Crippen MR) is 130 cm³/mol. The lowest BCUT2D eigenvalue weighted by Gasteiger charge is -2.12. The van der Waals surface area contributed by atoms with Gasteiger partial charge in [-0.15, -0.1) is 11.3 Å². The van der Waals surface area contributed by atoms with Gasteiger partial charge in [0.05, 0.1) is 16.3 Å². The molecule has 0 fully saturated rings. The molecule has 2 aromatic carbocycles. The number of halogens is 1. The second-order valence-electron chi connectivity index (χ2n) is 6.49. The number of thiazole rings is 1. The maximum absolute atomic E-state index is 12.7. The number of aryl methyl sites for hydroxylation is 1. The van der Waals surface area contributed by atoms with E-state index in [0.29, 0.717) is 5.69 Å². The Hall–Kier alpha value is -2.50. The highest BCUT2D eigenvalue weighted by molar-refractivity contribution is 14.1.